The summed E-state index contributed by atoms with van der Waals surface area (Å²) in [6.45, 7) is 11.4. The van der Waals surface area contributed by atoms with Gasteiger partial charge in [0, 0.05) is 6.54 Å². The Labute approximate surface area is 112 Å². The Morgan fingerprint density at radius 1 is 1.17 bits per heavy atom. The molecule has 0 aliphatic heterocycles. The van der Waals surface area contributed by atoms with Gasteiger partial charge in [-0.3, -0.25) is 0 Å². The minimum atomic E-state index is 0.561. The van der Waals surface area contributed by atoms with Crippen molar-refractivity contribution < 1.29 is 0 Å². The smallest absolute Gasteiger partial charge is 0.00111 e. The van der Waals surface area contributed by atoms with Crippen LogP contribution >= 0.6 is 0 Å². The number of rotatable bonds is 6. The summed E-state index contributed by atoms with van der Waals surface area (Å²) in [5.41, 5.74) is 5.07. The fourth-order valence-electron chi connectivity index (χ4n) is 2.72. The first-order valence-electron chi connectivity index (χ1n) is 7.28. The molecule has 1 aromatic carbocycles. The average molecular weight is 245 g/mol. The molecule has 1 fully saturated rings. The van der Waals surface area contributed by atoms with Crippen LogP contribution in [0.1, 0.15) is 43.4 Å². The summed E-state index contributed by atoms with van der Waals surface area (Å²) in [6, 6.07) is 6.67. The minimum absolute atomic E-state index is 0.561. The lowest BCUT2D eigenvalue weighted by molar-refractivity contribution is 0.431. The minimum Gasteiger partial charge on any atom is -0.316 e. The number of benzene rings is 1. The zero-order chi connectivity index (χ0) is 13.2. The molecule has 0 radical (unpaired) electrons. The van der Waals surface area contributed by atoms with E-state index in [0.29, 0.717) is 5.41 Å². The Kier molecular flexibility index (Phi) is 4.11. The molecular weight excluding hydrogens is 218 g/mol. The number of aryl methyl sites for hydroxylation is 2. The van der Waals surface area contributed by atoms with Crippen molar-refractivity contribution in [3.05, 3.63) is 34.9 Å². The van der Waals surface area contributed by atoms with Gasteiger partial charge < -0.3 is 5.32 Å². The standard InChI is InChI=1S/C17H27N/c1-13(2)11-18-12-17(8-9-17)10-16-14(3)6-5-7-15(16)4/h5-7,13,18H,8-12H2,1-4H3. The first-order valence-corrected chi connectivity index (χ1v) is 7.28. The van der Waals surface area contributed by atoms with Crippen LogP contribution in [-0.2, 0) is 6.42 Å². The van der Waals surface area contributed by atoms with Crippen LogP contribution in [0.3, 0.4) is 0 Å². The van der Waals surface area contributed by atoms with Crippen LogP contribution in [0.5, 0.6) is 0 Å². The third-order valence-corrected chi connectivity index (χ3v) is 4.21. The van der Waals surface area contributed by atoms with E-state index in [2.05, 4.69) is 51.2 Å². The molecule has 0 unspecified atom stereocenters. The van der Waals surface area contributed by atoms with Gasteiger partial charge in [0.05, 0.1) is 0 Å². The van der Waals surface area contributed by atoms with Crippen molar-refractivity contribution in [3.8, 4) is 0 Å². The maximum atomic E-state index is 3.65. The van der Waals surface area contributed by atoms with Gasteiger partial charge in [-0.15, -0.1) is 0 Å². The Morgan fingerprint density at radius 3 is 2.28 bits per heavy atom. The van der Waals surface area contributed by atoms with Crippen LogP contribution in [0, 0.1) is 25.2 Å². The molecule has 0 bridgehead atoms. The molecule has 0 heterocycles. The maximum Gasteiger partial charge on any atom is 0.00111 e. The van der Waals surface area contributed by atoms with Gasteiger partial charge in [-0.2, -0.15) is 0 Å². The fourth-order valence-corrected chi connectivity index (χ4v) is 2.72. The lowest BCUT2D eigenvalue weighted by atomic mass is 9.90. The average Bonchev–Trinajstić information content (AvgIpc) is 3.04. The van der Waals surface area contributed by atoms with Crippen molar-refractivity contribution in [1.29, 1.82) is 0 Å². The van der Waals surface area contributed by atoms with E-state index >= 15 is 0 Å². The molecule has 0 spiro atoms. The third kappa shape index (κ3) is 3.35. The molecular formula is C17H27N. The number of hydrogen-bond acceptors (Lipinski definition) is 1. The van der Waals surface area contributed by atoms with E-state index in [1.165, 1.54) is 36.9 Å². The Hall–Kier alpha value is -0.820. The zero-order valence-electron chi connectivity index (χ0n) is 12.3. The first kappa shape index (κ1) is 13.6. The van der Waals surface area contributed by atoms with Crippen LogP contribution in [0.2, 0.25) is 0 Å². The number of nitrogens with one attached hydrogen (secondary N) is 1. The van der Waals surface area contributed by atoms with Crippen molar-refractivity contribution in [2.24, 2.45) is 11.3 Å². The van der Waals surface area contributed by atoms with Crippen molar-refractivity contribution in [2.75, 3.05) is 13.1 Å². The predicted molar refractivity (Wildman–Crippen MR) is 79.0 cm³/mol. The van der Waals surface area contributed by atoms with Gasteiger partial charge in [-0.25, -0.2) is 0 Å². The first-order chi connectivity index (χ1) is 8.52. The topological polar surface area (TPSA) is 12.0 Å². The van der Waals surface area contributed by atoms with Crippen LogP contribution in [-0.4, -0.2) is 13.1 Å². The van der Waals surface area contributed by atoms with Crippen molar-refractivity contribution in [2.45, 2.75) is 47.0 Å². The van der Waals surface area contributed by atoms with Crippen LogP contribution in [0.15, 0.2) is 18.2 Å². The summed E-state index contributed by atoms with van der Waals surface area (Å²) in [5, 5.41) is 3.65. The third-order valence-electron chi connectivity index (χ3n) is 4.21. The van der Waals surface area contributed by atoms with E-state index in [9.17, 15) is 0 Å². The lowest BCUT2D eigenvalue weighted by Gasteiger charge is -2.20. The van der Waals surface area contributed by atoms with Crippen molar-refractivity contribution >= 4 is 0 Å². The molecule has 1 N–H and O–H groups in total. The molecule has 1 heteroatoms. The highest BCUT2D eigenvalue weighted by molar-refractivity contribution is 5.35. The van der Waals surface area contributed by atoms with Gasteiger partial charge in [0.25, 0.3) is 0 Å². The highest BCUT2D eigenvalue weighted by Crippen LogP contribution is 2.48. The molecule has 100 valence electrons. The molecule has 1 aliphatic rings. The van der Waals surface area contributed by atoms with Crippen LogP contribution in [0.4, 0.5) is 0 Å². The van der Waals surface area contributed by atoms with E-state index in [-0.39, 0.29) is 0 Å². The summed E-state index contributed by atoms with van der Waals surface area (Å²) in [4.78, 5) is 0. The predicted octanol–water partition coefficient (Wildman–Crippen LogP) is 3.87. The van der Waals surface area contributed by atoms with E-state index in [1.807, 2.05) is 0 Å². The van der Waals surface area contributed by atoms with Crippen molar-refractivity contribution in [3.63, 3.8) is 0 Å². The summed E-state index contributed by atoms with van der Waals surface area (Å²) >= 11 is 0. The maximum absolute atomic E-state index is 3.65. The lowest BCUT2D eigenvalue weighted by Crippen LogP contribution is -2.29. The van der Waals surface area contributed by atoms with Crippen molar-refractivity contribution in [1.82, 2.24) is 5.32 Å². The van der Waals surface area contributed by atoms with Crippen LogP contribution in [0.25, 0.3) is 0 Å². The van der Waals surface area contributed by atoms with E-state index < -0.39 is 0 Å². The Bertz CT molecular complexity index is 382. The Balaban J connectivity index is 1.96. The molecule has 2 rings (SSSR count). The Morgan fingerprint density at radius 2 is 1.78 bits per heavy atom. The highest BCUT2D eigenvalue weighted by Gasteiger charge is 2.42. The summed E-state index contributed by atoms with van der Waals surface area (Å²) < 4.78 is 0. The largest absolute Gasteiger partial charge is 0.316 e. The highest BCUT2D eigenvalue weighted by atomic mass is 14.9. The van der Waals surface area contributed by atoms with Gasteiger partial charge in [0.15, 0.2) is 0 Å². The van der Waals surface area contributed by atoms with Gasteiger partial charge in [0.1, 0.15) is 0 Å². The molecule has 0 aromatic heterocycles. The normalized spacial score (nSPS) is 17.2. The summed E-state index contributed by atoms with van der Waals surface area (Å²) in [6.07, 6.45) is 4.05. The molecule has 1 aromatic rings. The molecule has 1 nitrogen and oxygen atoms in total. The molecule has 0 saturated heterocycles. The number of hydrogen-bond donors (Lipinski definition) is 1. The van der Waals surface area contributed by atoms with Gasteiger partial charge in [-0.1, -0.05) is 32.0 Å². The van der Waals surface area contributed by atoms with Crippen LogP contribution < -0.4 is 5.32 Å². The second kappa shape index (κ2) is 5.44. The monoisotopic (exact) mass is 245 g/mol. The molecule has 1 saturated carbocycles. The van der Waals surface area contributed by atoms with E-state index in [4.69, 9.17) is 0 Å². The fraction of sp³-hybridized carbons (Fsp3) is 0.647. The molecule has 0 atom stereocenters. The summed E-state index contributed by atoms with van der Waals surface area (Å²) in [5.74, 6) is 0.751. The van der Waals surface area contributed by atoms with E-state index in [0.717, 1.165) is 12.5 Å². The SMILES string of the molecule is Cc1cccc(C)c1CC1(CNCC(C)C)CC1. The van der Waals surface area contributed by atoms with Gasteiger partial charge in [-0.05, 0) is 67.7 Å². The van der Waals surface area contributed by atoms with Gasteiger partial charge >= 0.3 is 0 Å². The zero-order valence-corrected chi connectivity index (χ0v) is 12.3. The molecule has 1 aliphatic carbocycles. The molecule has 18 heavy (non-hydrogen) atoms. The summed E-state index contributed by atoms with van der Waals surface area (Å²) in [7, 11) is 0. The second-order valence-electron chi connectivity index (χ2n) is 6.57. The quantitative estimate of drug-likeness (QED) is 0.802. The second-order valence-corrected chi connectivity index (χ2v) is 6.57. The molecule has 0 amide bonds. The van der Waals surface area contributed by atoms with Gasteiger partial charge in [0.2, 0.25) is 0 Å². The van der Waals surface area contributed by atoms with E-state index in [1.54, 1.807) is 5.56 Å².